The summed E-state index contributed by atoms with van der Waals surface area (Å²) < 4.78 is 8.97. The maximum absolute atomic E-state index is 5.30. The molecule has 3 heterocycles. The van der Waals surface area contributed by atoms with Gasteiger partial charge in [-0.3, -0.25) is 0 Å². The number of fused-ring (bicyclic) bond motifs is 1. The Hall–Kier alpha value is -3.35. The van der Waals surface area contributed by atoms with Crippen molar-refractivity contribution >= 4 is 11.5 Å². The van der Waals surface area contributed by atoms with E-state index < -0.39 is 0 Å². The summed E-state index contributed by atoms with van der Waals surface area (Å²) in [6, 6.07) is 11.8. The van der Waals surface area contributed by atoms with Crippen molar-refractivity contribution in [1.29, 1.82) is 0 Å². The van der Waals surface area contributed by atoms with Crippen molar-refractivity contribution in [3.63, 3.8) is 0 Å². The van der Waals surface area contributed by atoms with Crippen LogP contribution in [0.5, 0.6) is 5.75 Å². The lowest BCUT2D eigenvalue weighted by molar-refractivity contribution is 0.414. The van der Waals surface area contributed by atoms with E-state index in [0.717, 1.165) is 40.6 Å². The van der Waals surface area contributed by atoms with Gasteiger partial charge in [0.1, 0.15) is 11.6 Å². The fraction of sp³-hybridized carbons (Fsp3) is 0.250. The van der Waals surface area contributed by atoms with Crippen LogP contribution in [0.4, 0.5) is 5.82 Å². The van der Waals surface area contributed by atoms with Crippen LogP contribution in [0.2, 0.25) is 0 Å². The third-order valence-electron chi connectivity index (χ3n) is 4.56. The minimum absolute atomic E-state index is 0.0591. The predicted octanol–water partition coefficient (Wildman–Crippen LogP) is 3.66. The fourth-order valence-electron chi connectivity index (χ4n) is 3.01. The number of hydrogen-bond acceptors (Lipinski definition) is 5. The Balaban J connectivity index is 1.60. The van der Waals surface area contributed by atoms with Crippen molar-refractivity contribution in [2.45, 2.75) is 26.3 Å². The molecule has 0 aliphatic rings. The minimum Gasteiger partial charge on any atom is -0.497 e. The van der Waals surface area contributed by atoms with E-state index in [1.54, 1.807) is 13.3 Å². The Morgan fingerprint density at radius 2 is 2.07 bits per heavy atom. The SMILES string of the molecule is CCc1cc(N[C@@H](C)c2cnn(-c3cccc(OC)c3)c2)n2nccc2n1. The number of aromatic nitrogens is 5. The lowest BCUT2D eigenvalue weighted by atomic mass is 10.2. The van der Waals surface area contributed by atoms with Gasteiger partial charge in [0, 0.05) is 35.7 Å². The topological polar surface area (TPSA) is 69.3 Å². The predicted molar refractivity (Wildman–Crippen MR) is 105 cm³/mol. The monoisotopic (exact) mass is 362 g/mol. The van der Waals surface area contributed by atoms with Gasteiger partial charge >= 0.3 is 0 Å². The van der Waals surface area contributed by atoms with Crippen LogP contribution in [0.1, 0.15) is 31.1 Å². The van der Waals surface area contributed by atoms with Crippen molar-refractivity contribution in [1.82, 2.24) is 24.4 Å². The molecular weight excluding hydrogens is 340 g/mol. The lowest BCUT2D eigenvalue weighted by Crippen LogP contribution is -2.11. The Bertz CT molecular complexity index is 1070. The van der Waals surface area contributed by atoms with E-state index in [2.05, 4.69) is 34.3 Å². The van der Waals surface area contributed by atoms with Crippen LogP contribution < -0.4 is 10.1 Å². The van der Waals surface area contributed by atoms with Gasteiger partial charge in [-0.1, -0.05) is 13.0 Å². The van der Waals surface area contributed by atoms with E-state index in [4.69, 9.17) is 4.74 Å². The Kier molecular flexibility index (Phi) is 4.50. The Labute approximate surface area is 157 Å². The third-order valence-corrected chi connectivity index (χ3v) is 4.56. The summed E-state index contributed by atoms with van der Waals surface area (Å²) in [6.07, 6.45) is 6.53. The highest BCUT2D eigenvalue weighted by Gasteiger charge is 2.13. The molecule has 7 heteroatoms. The van der Waals surface area contributed by atoms with Crippen molar-refractivity contribution in [2.75, 3.05) is 12.4 Å². The van der Waals surface area contributed by atoms with Gasteiger partial charge in [0.25, 0.3) is 0 Å². The van der Waals surface area contributed by atoms with Gasteiger partial charge in [-0.05, 0) is 25.5 Å². The maximum atomic E-state index is 5.30. The first-order valence-corrected chi connectivity index (χ1v) is 8.97. The average Bonchev–Trinajstić information content (AvgIpc) is 3.37. The summed E-state index contributed by atoms with van der Waals surface area (Å²) in [5.41, 5.74) is 3.91. The van der Waals surface area contributed by atoms with E-state index in [9.17, 15) is 0 Å². The number of benzene rings is 1. The van der Waals surface area contributed by atoms with Crippen LogP contribution in [0, 0.1) is 0 Å². The molecular formula is C20H22N6O. The molecule has 0 bridgehead atoms. The molecule has 0 aliphatic carbocycles. The number of methoxy groups -OCH3 is 1. The van der Waals surface area contributed by atoms with Gasteiger partial charge in [-0.25, -0.2) is 9.67 Å². The molecule has 4 aromatic rings. The molecule has 0 aliphatic heterocycles. The van der Waals surface area contributed by atoms with Crippen molar-refractivity contribution in [2.24, 2.45) is 0 Å². The zero-order valence-electron chi connectivity index (χ0n) is 15.6. The summed E-state index contributed by atoms with van der Waals surface area (Å²) in [7, 11) is 1.66. The smallest absolute Gasteiger partial charge is 0.157 e. The molecule has 1 aromatic carbocycles. The summed E-state index contributed by atoms with van der Waals surface area (Å²) in [4.78, 5) is 4.59. The van der Waals surface area contributed by atoms with Gasteiger partial charge in [0.05, 0.1) is 31.2 Å². The van der Waals surface area contributed by atoms with Crippen LogP contribution in [0.25, 0.3) is 11.3 Å². The number of rotatable bonds is 6. The summed E-state index contributed by atoms with van der Waals surface area (Å²) in [5.74, 6) is 1.73. The standard InChI is InChI=1S/C20H22N6O/c1-4-16-10-20(26-19(24-16)8-9-21-26)23-14(2)15-12-22-25(13-15)17-6-5-7-18(11-17)27-3/h5-14,23H,4H2,1-3H3/t14-/m0/s1. The maximum Gasteiger partial charge on any atom is 0.157 e. The molecule has 0 spiro atoms. The molecule has 0 saturated heterocycles. The zero-order chi connectivity index (χ0) is 18.8. The molecule has 0 saturated carbocycles. The number of aryl methyl sites for hydroxylation is 1. The molecule has 1 N–H and O–H groups in total. The normalized spacial score (nSPS) is 12.3. The fourth-order valence-corrected chi connectivity index (χ4v) is 3.01. The Morgan fingerprint density at radius 3 is 2.89 bits per heavy atom. The number of nitrogens with one attached hydrogen (secondary N) is 1. The first kappa shape index (κ1) is 17.1. The number of hydrogen-bond donors (Lipinski definition) is 1. The second-order valence-corrected chi connectivity index (χ2v) is 6.37. The van der Waals surface area contributed by atoms with Crippen LogP contribution in [0.15, 0.2) is 55.0 Å². The van der Waals surface area contributed by atoms with Gasteiger partial charge in [0.2, 0.25) is 0 Å². The highest BCUT2D eigenvalue weighted by Crippen LogP contribution is 2.22. The second kappa shape index (κ2) is 7.11. The van der Waals surface area contributed by atoms with Crippen LogP contribution in [-0.2, 0) is 6.42 Å². The van der Waals surface area contributed by atoms with Crippen molar-refractivity contribution < 1.29 is 4.74 Å². The molecule has 27 heavy (non-hydrogen) atoms. The molecule has 0 amide bonds. The third kappa shape index (κ3) is 3.36. The second-order valence-electron chi connectivity index (χ2n) is 6.37. The highest BCUT2D eigenvalue weighted by molar-refractivity contribution is 5.50. The first-order valence-electron chi connectivity index (χ1n) is 8.97. The molecule has 0 fully saturated rings. The molecule has 138 valence electrons. The van der Waals surface area contributed by atoms with Gasteiger partial charge in [-0.15, -0.1) is 0 Å². The summed E-state index contributed by atoms with van der Waals surface area (Å²) in [6.45, 7) is 4.20. The molecule has 3 aromatic heterocycles. The Morgan fingerprint density at radius 1 is 1.19 bits per heavy atom. The van der Waals surface area contributed by atoms with Crippen LogP contribution in [-0.4, -0.2) is 31.5 Å². The summed E-state index contributed by atoms with van der Waals surface area (Å²) >= 11 is 0. The molecule has 4 rings (SSSR count). The van der Waals surface area contributed by atoms with Crippen molar-refractivity contribution in [3.8, 4) is 11.4 Å². The average molecular weight is 362 g/mol. The summed E-state index contributed by atoms with van der Waals surface area (Å²) in [5, 5.41) is 12.4. The quantitative estimate of drug-likeness (QED) is 0.567. The largest absolute Gasteiger partial charge is 0.497 e. The van der Waals surface area contributed by atoms with E-state index in [1.807, 2.05) is 58.0 Å². The van der Waals surface area contributed by atoms with Crippen LogP contribution in [0.3, 0.4) is 0 Å². The van der Waals surface area contributed by atoms with Gasteiger partial charge in [-0.2, -0.15) is 14.7 Å². The van der Waals surface area contributed by atoms with E-state index in [1.165, 1.54) is 0 Å². The molecule has 0 unspecified atom stereocenters. The van der Waals surface area contributed by atoms with Gasteiger partial charge in [0.15, 0.2) is 5.65 Å². The van der Waals surface area contributed by atoms with Crippen LogP contribution >= 0.6 is 0 Å². The van der Waals surface area contributed by atoms with E-state index in [-0.39, 0.29) is 6.04 Å². The number of anilines is 1. The molecule has 1 atom stereocenters. The molecule has 0 radical (unpaired) electrons. The number of nitrogens with zero attached hydrogens (tertiary/aromatic N) is 5. The highest BCUT2D eigenvalue weighted by atomic mass is 16.5. The van der Waals surface area contributed by atoms with Crippen molar-refractivity contribution in [3.05, 3.63) is 66.2 Å². The lowest BCUT2D eigenvalue weighted by Gasteiger charge is -2.15. The molecule has 7 nitrogen and oxygen atoms in total. The van der Waals surface area contributed by atoms with E-state index in [0.29, 0.717) is 0 Å². The minimum atomic E-state index is 0.0591. The number of ether oxygens (including phenoxy) is 1. The van der Waals surface area contributed by atoms with Gasteiger partial charge < -0.3 is 10.1 Å². The zero-order valence-corrected chi connectivity index (χ0v) is 15.6. The van der Waals surface area contributed by atoms with E-state index >= 15 is 0 Å². The first-order chi connectivity index (χ1) is 13.2.